The summed E-state index contributed by atoms with van der Waals surface area (Å²) in [6, 6.07) is -0.213. The van der Waals surface area contributed by atoms with Crippen molar-refractivity contribution < 1.29 is 14.3 Å². The zero-order valence-electron chi connectivity index (χ0n) is 11.7. The monoisotopic (exact) mass is 258 g/mol. The van der Waals surface area contributed by atoms with E-state index in [1.807, 2.05) is 6.92 Å². The van der Waals surface area contributed by atoms with E-state index in [4.69, 9.17) is 15.2 Å². The van der Waals surface area contributed by atoms with Crippen LogP contribution in [-0.2, 0) is 14.3 Å². The molecule has 1 rings (SSSR count). The van der Waals surface area contributed by atoms with E-state index in [1.54, 1.807) is 0 Å². The van der Waals surface area contributed by atoms with Crippen molar-refractivity contribution in [2.75, 3.05) is 33.0 Å². The van der Waals surface area contributed by atoms with Crippen LogP contribution in [-0.4, -0.2) is 44.9 Å². The van der Waals surface area contributed by atoms with E-state index >= 15 is 0 Å². The quantitative estimate of drug-likeness (QED) is 0.653. The molecule has 3 N–H and O–H groups in total. The van der Waals surface area contributed by atoms with Crippen LogP contribution in [0.5, 0.6) is 0 Å². The van der Waals surface area contributed by atoms with E-state index < -0.39 is 5.41 Å². The van der Waals surface area contributed by atoms with Gasteiger partial charge in [0.15, 0.2) is 0 Å². The van der Waals surface area contributed by atoms with E-state index in [0.29, 0.717) is 32.3 Å². The van der Waals surface area contributed by atoms with Crippen LogP contribution in [0.15, 0.2) is 0 Å². The van der Waals surface area contributed by atoms with Gasteiger partial charge in [0.2, 0.25) is 5.91 Å². The third kappa shape index (κ3) is 4.23. The molecule has 2 unspecified atom stereocenters. The largest absolute Gasteiger partial charge is 0.381 e. The zero-order valence-corrected chi connectivity index (χ0v) is 11.7. The van der Waals surface area contributed by atoms with Gasteiger partial charge in [0.25, 0.3) is 0 Å². The highest BCUT2D eigenvalue weighted by molar-refractivity contribution is 5.83. The van der Waals surface area contributed by atoms with Crippen LogP contribution in [0.1, 0.15) is 27.2 Å². The summed E-state index contributed by atoms with van der Waals surface area (Å²) in [4.78, 5) is 12.0. The Bertz CT molecular complexity index is 271. The SMILES string of the molecule is CC(C)COCCCNC(=O)C1(C)COCC1N. The van der Waals surface area contributed by atoms with Crippen molar-refractivity contribution in [3.63, 3.8) is 0 Å². The molecule has 0 aromatic rings. The number of rotatable bonds is 7. The Balaban J connectivity index is 2.14. The van der Waals surface area contributed by atoms with E-state index in [0.717, 1.165) is 13.0 Å². The third-order valence-corrected chi connectivity index (χ3v) is 3.24. The number of ether oxygens (including phenoxy) is 2. The number of hydrogen-bond acceptors (Lipinski definition) is 4. The molecule has 106 valence electrons. The summed E-state index contributed by atoms with van der Waals surface area (Å²) in [6.45, 7) is 9.02. The molecule has 1 fully saturated rings. The minimum Gasteiger partial charge on any atom is -0.381 e. The van der Waals surface area contributed by atoms with E-state index in [-0.39, 0.29) is 11.9 Å². The summed E-state index contributed by atoms with van der Waals surface area (Å²) < 4.78 is 10.7. The van der Waals surface area contributed by atoms with Crippen molar-refractivity contribution in [3.05, 3.63) is 0 Å². The maximum Gasteiger partial charge on any atom is 0.229 e. The third-order valence-electron chi connectivity index (χ3n) is 3.24. The van der Waals surface area contributed by atoms with Crippen molar-refractivity contribution in [2.24, 2.45) is 17.1 Å². The molecule has 5 nitrogen and oxygen atoms in total. The second-order valence-corrected chi connectivity index (χ2v) is 5.62. The fourth-order valence-corrected chi connectivity index (χ4v) is 1.82. The highest BCUT2D eigenvalue weighted by Crippen LogP contribution is 2.26. The van der Waals surface area contributed by atoms with Gasteiger partial charge in [-0.25, -0.2) is 0 Å². The Morgan fingerprint density at radius 2 is 2.33 bits per heavy atom. The van der Waals surface area contributed by atoms with Crippen LogP contribution in [0, 0.1) is 11.3 Å². The summed E-state index contributed by atoms with van der Waals surface area (Å²) >= 11 is 0. The summed E-state index contributed by atoms with van der Waals surface area (Å²) in [7, 11) is 0. The van der Waals surface area contributed by atoms with Crippen molar-refractivity contribution in [2.45, 2.75) is 33.2 Å². The second-order valence-electron chi connectivity index (χ2n) is 5.62. The normalized spacial score (nSPS) is 27.7. The highest BCUT2D eigenvalue weighted by atomic mass is 16.5. The Kier molecular flexibility index (Phi) is 6.05. The molecule has 5 heteroatoms. The van der Waals surface area contributed by atoms with Gasteiger partial charge in [-0.3, -0.25) is 4.79 Å². The standard InChI is InChI=1S/C13H26N2O3/c1-10(2)7-17-6-4-5-15-12(16)13(3)9-18-8-11(13)14/h10-11H,4-9,14H2,1-3H3,(H,15,16). The van der Waals surface area contributed by atoms with E-state index in [2.05, 4.69) is 19.2 Å². The van der Waals surface area contributed by atoms with Crippen LogP contribution in [0.25, 0.3) is 0 Å². The molecule has 0 aromatic heterocycles. The number of carbonyl (C=O) groups excluding carboxylic acids is 1. The molecule has 1 aliphatic rings. The molecular formula is C13H26N2O3. The van der Waals surface area contributed by atoms with Crippen LogP contribution in [0.2, 0.25) is 0 Å². The van der Waals surface area contributed by atoms with Crippen LogP contribution >= 0.6 is 0 Å². The first-order valence-electron chi connectivity index (χ1n) is 6.66. The molecule has 1 heterocycles. The van der Waals surface area contributed by atoms with Crippen molar-refractivity contribution in [1.29, 1.82) is 0 Å². The first-order chi connectivity index (χ1) is 8.47. The molecule has 18 heavy (non-hydrogen) atoms. The summed E-state index contributed by atoms with van der Waals surface area (Å²) in [6.07, 6.45) is 0.824. The molecule has 0 bridgehead atoms. The van der Waals surface area contributed by atoms with Crippen molar-refractivity contribution >= 4 is 5.91 Å². The zero-order chi connectivity index (χ0) is 13.6. The topological polar surface area (TPSA) is 73.6 Å². The van der Waals surface area contributed by atoms with Gasteiger partial charge >= 0.3 is 0 Å². The predicted molar refractivity (Wildman–Crippen MR) is 70.2 cm³/mol. The second kappa shape index (κ2) is 7.07. The maximum absolute atomic E-state index is 12.0. The average Bonchev–Trinajstić information content (AvgIpc) is 2.65. The smallest absolute Gasteiger partial charge is 0.229 e. The van der Waals surface area contributed by atoms with E-state index in [9.17, 15) is 4.79 Å². The summed E-state index contributed by atoms with van der Waals surface area (Å²) in [5.74, 6) is 0.531. The van der Waals surface area contributed by atoms with Crippen LogP contribution < -0.4 is 11.1 Å². The molecule has 0 aliphatic carbocycles. The van der Waals surface area contributed by atoms with Gasteiger partial charge in [-0.2, -0.15) is 0 Å². The van der Waals surface area contributed by atoms with Crippen molar-refractivity contribution in [1.82, 2.24) is 5.32 Å². The lowest BCUT2D eigenvalue weighted by molar-refractivity contribution is -0.130. The molecule has 1 saturated heterocycles. The molecule has 1 amide bonds. The lowest BCUT2D eigenvalue weighted by atomic mass is 9.85. The molecule has 1 aliphatic heterocycles. The van der Waals surface area contributed by atoms with Gasteiger partial charge in [0.05, 0.1) is 18.6 Å². The molecule has 0 saturated carbocycles. The Hall–Kier alpha value is -0.650. The van der Waals surface area contributed by atoms with Gasteiger partial charge in [-0.1, -0.05) is 13.8 Å². The Morgan fingerprint density at radius 3 is 2.89 bits per heavy atom. The summed E-state index contributed by atoms with van der Waals surface area (Å²) in [5, 5.41) is 2.90. The Labute approximate surface area is 109 Å². The number of hydrogen-bond donors (Lipinski definition) is 2. The highest BCUT2D eigenvalue weighted by Gasteiger charge is 2.44. The first kappa shape index (κ1) is 15.4. The lowest BCUT2D eigenvalue weighted by Gasteiger charge is -2.25. The number of nitrogens with one attached hydrogen (secondary N) is 1. The average molecular weight is 258 g/mol. The minimum absolute atomic E-state index is 0.0173. The summed E-state index contributed by atoms with van der Waals surface area (Å²) in [5.41, 5.74) is 5.30. The molecular weight excluding hydrogens is 232 g/mol. The number of carbonyl (C=O) groups is 1. The maximum atomic E-state index is 12.0. The fourth-order valence-electron chi connectivity index (χ4n) is 1.82. The molecule has 0 aromatic carbocycles. The van der Waals surface area contributed by atoms with Gasteiger partial charge in [-0.15, -0.1) is 0 Å². The lowest BCUT2D eigenvalue weighted by Crippen LogP contribution is -2.50. The first-order valence-corrected chi connectivity index (χ1v) is 6.66. The predicted octanol–water partition coefficient (Wildman–Crippen LogP) is 0.529. The van der Waals surface area contributed by atoms with Crippen LogP contribution in [0.3, 0.4) is 0 Å². The Morgan fingerprint density at radius 1 is 1.61 bits per heavy atom. The van der Waals surface area contributed by atoms with Gasteiger partial charge in [0, 0.05) is 25.8 Å². The number of amides is 1. The van der Waals surface area contributed by atoms with Crippen molar-refractivity contribution in [3.8, 4) is 0 Å². The minimum atomic E-state index is -0.585. The van der Waals surface area contributed by atoms with Gasteiger partial charge < -0.3 is 20.5 Å². The molecule has 2 atom stereocenters. The fraction of sp³-hybridized carbons (Fsp3) is 0.923. The molecule has 0 spiro atoms. The van der Waals surface area contributed by atoms with Gasteiger partial charge in [-0.05, 0) is 19.3 Å². The van der Waals surface area contributed by atoms with E-state index in [1.165, 1.54) is 0 Å². The van der Waals surface area contributed by atoms with Crippen LogP contribution in [0.4, 0.5) is 0 Å². The molecule has 0 radical (unpaired) electrons. The number of nitrogens with two attached hydrogens (primary N) is 1. The van der Waals surface area contributed by atoms with Gasteiger partial charge in [0.1, 0.15) is 0 Å².